The van der Waals surface area contributed by atoms with E-state index in [0.29, 0.717) is 17.1 Å². The zero-order chi connectivity index (χ0) is 26.8. The van der Waals surface area contributed by atoms with Gasteiger partial charge in [-0.2, -0.15) is 5.10 Å². The normalized spacial score (nSPS) is 11.1. The van der Waals surface area contributed by atoms with E-state index in [4.69, 9.17) is 9.47 Å². The van der Waals surface area contributed by atoms with Crippen molar-refractivity contribution >= 4 is 33.8 Å². The first-order chi connectivity index (χ1) is 17.7. The summed E-state index contributed by atoms with van der Waals surface area (Å²) in [6, 6.07) is 19.5. The molecule has 0 atom stereocenters. The van der Waals surface area contributed by atoms with E-state index in [0.717, 1.165) is 9.87 Å². The van der Waals surface area contributed by atoms with Gasteiger partial charge in [0.2, 0.25) is 0 Å². The first-order valence-corrected chi connectivity index (χ1v) is 12.5. The van der Waals surface area contributed by atoms with Crippen molar-refractivity contribution in [2.45, 2.75) is 11.8 Å². The number of hydrazone groups is 1. The van der Waals surface area contributed by atoms with Gasteiger partial charge in [0.1, 0.15) is 18.0 Å². The summed E-state index contributed by atoms with van der Waals surface area (Å²) in [6.07, 6.45) is 1.37. The van der Waals surface area contributed by atoms with Crippen LogP contribution in [-0.2, 0) is 24.3 Å². The average molecular weight is 526 g/mol. The molecule has 0 saturated heterocycles. The molecule has 0 aliphatic heterocycles. The second-order valence-corrected chi connectivity index (χ2v) is 9.59. The summed E-state index contributed by atoms with van der Waals surface area (Å²) in [5.74, 6) is -0.493. The second-order valence-electron chi connectivity index (χ2n) is 7.73. The molecule has 0 aliphatic carbocycles. The zero-order valence-electron chi connectivity index (χ0n) is 20.6. The molecule has 1 N–H and O–H groups in total. The van der Waals surface area contributed by atoms with Crippen LogP contribution in [0.2, 0.25) is 0 Å². The smallest absolute Gasteiger partial charge is 0.343 e. The summed E-state index contributed by atoms with van der Waals surface area (Å²) in [4.78, 5) is 24.1. The lowest BCUT2D eigenvalue weighted by Crippen LogP contribution is -2.39. The summed E-state index contributed by atoms with van der Waals surface area (Å²) in [7, 11) is -1.43. The highest BCUT2D eigenvalue weighted by Crippen LogP contribution is 2.32. The van der Waals surface area contributed by atoms with E-state index >= 15 is 0 Å². The average Bonchev–Trinajstić information content (AvgIpc) is 2.90. The Morgan fingerprint density at radius 3 is 2.43 bits per heavy atom. The van der Waals surface area contributed by atoms with E-state index in [1.165, 1.54) is 32.6 Å². The molecule has 0 saturated carbocycles. The molecule has 0 aromatic heterocycles. The van der Waals surface area contributed by atoms with E-state index in [1.54, 1.807) is 60.7 Å². The number of ether oxygens (including phenoxy) is 3. The Balaban J connectivity index is 1.78. The monoisotopic (exact) mass is 525 g/mol. The first kappa shape index (κ1) is 27.2. The first-order valence-electron chi connectivity index (χ1n) is 11.1. The molecule has 0 heterocycles. The maximum atomic E-state index is 13.5. The molecule has 0 radical (unpaired) electrons. The molecule has 0 unspecified atom stereocenters. The van der Waals surface area contributed by atoms with Crippen molar-refractivity contribution in [3.05, 3.63) is 83.9 Å². The van der Waals surface area contributed by atoms with Gasteiger partial charge in [0.25, 0.3) is 15.9 Å². The standard InChI is InChI=1S/C26H27N3O7S/c1-19-11-13-22(14-12-19)37(32,33)29(23-9-4-5-10-24(23)34-2)17-25(30)28-27-16-20-7-6-8-21(15-20)36-18-26(31)35-3/h4-16H,17-18H2,1-3H3,(H,28,30). The third-order valence-corrected chi connectivity index (χ3v) is 6.87. The van der Waals surface area contributed by atoms with E-state index in [-0.39, 0.29) is 17.2 Å². The van der Waals surface area contributed by atoms with Gasteiger partial charge in [-0.1, -0.05) is 42.0 Å². The summed E-state index contributed by atoms with van der Waals surface area (Å²) >= 11 is 0. The molecular weight excluding hydrogens is 498 g/mol. The van der Waals surface area contributed by atoms with E-state index < -0.39 is 28.4 Å². The van der Waals surface area contributed by atoms with Crippen molar-refractivity contribution in [1.29, 1.82) is 0 Å². The number of aryl methyl sites for hydroxylation is 1. The zero-order valence-corrected chi connectivity index (χ0v) is 21.4. The number of hydrogen-bond acceptors (Lipinski definition) is 8. The molecule has 11 heteroatoms. The highest BCUT2D eigenvalue weighted by atomic mass is 32.2. The number of rotatable bonds is 11. The van der Waals surface area contributed by atoms with Gasteiger partial charge in [-0.3, -0.25) is 9.10 Å². The van der Waals surface area contributed by atoms with Gasteiger partial charge in [0.05, 0.1) is 31.0 Å². The summed E-state index contributed by atoms with van der Waals surface area (Å²) in [5, 5.41) is 3.93. The van der Waals surface area contributed by atoms with Gasteiger partial charge < -0.3 is 14.2 Å². The van der Waals surface area contributed by atoms with E-state index in [2.05, 4.69) is 15.3 Å². The maximum absolute atomic E-state index is 13.5. The fourth-order valence-electron chi connectivity index (χ4n) is 3.20. The summed E-state index contributed by atoms with van der Waals surface area (Å²) in [6.45, 7) is 1.05. The van der Waals surface area contributed by atoms with Gasteiger partial charge in [-0.25, -0.2) is 18.6 Å². The Morgan fingerprint density at radius 1 is 1.00 bits per heavy atom. The minimum Gasteiger partial charge on any atom is -0.495 e. The number of hydrogen-bond donors (Lipinski definition) is 1. The van der Waals surface area contributed by atoms with Crippen LogP contribution in [0.1, 0.15) is 11.1 Å². The van der Waals surface area contributed by atoms with Crippen LogP contribution in [0.3, 0.4) is 0 Å². The molecule has 37 heavy (non-hydrogen) atoms. The molecule has 3 rings (SSSR count). The molecule has 0 fully saturated rings. The highest BCUT2D eigenvalue weighted by Gasteiger charge is 2.29. The predicted molar refractivity (Wildman–Crippen MR) is 138 cm³/mol. The Morgan fingerprint density at radius 2 is 1.73 bits per heavy atom. The van der Waals surface area contributed by atoms with Gasteiger partial charge >= 0.3 is 5.97 Å². The van der Waals surface area contributed by atoms with Gasteiger partial charge in [0.15, 0.2) is 6.61 Å². The Hall–Kier alpha value is -4.38. The van der Waals surface area contributed by atoms with Crippen LogP contribution in [0.15, 0.2) is 82.8 Å². The number of carbonyl (C=O) groups is 2. The number of carbonyl (C=O) groups excluding carboxylic acids is 2. The Kier molecular flexibility index (Phi) is 9.22. The number of sulfonamides is 1. The SMILES string of the molecule is COC(=O)COc1cccc(C=NNC(=O)CN(c2ccccc2OC)S(=O)(=O)c2ccc(C)cc2)c1. The van der Waals surface area contributed by atoms with Crippen molar-refractivity contribution in [2.24, 2.45) is 5.10 Å². The number of para-hydroxylation sites is 2. The molecule has 10 nitrogen and oxygen atoms in total. The lowest BCUT2D eigenvalue weighted by Gasteiger charge is -2.25. The van der Waals surface area contributed by atoms with Crippen LogP contribution >= 0.6 is 0 Å². The number of benzene rings is 3. The lowest BCUT2D eigenvalue weighted by molar-refractivity contribution is -0.142. The number of amides is 1. The van der Waals surface area contributed by atoms with Crippen molar-refractivity contribution in [2.75, 3.05) is 31.7 Å². The van der Waals surface area contributed by atoms with Crippen LogP contribution in [-0.4, -0.2) is 53.9 Å². The molecule has 194 valence electrons. The van der Waals surface area contributed by atoms with Gasteiger partial charge in [-0.15, -0.1) is 0 Å². The summed E-state index contributed by atoms with van der Waals surface area (Å²) in [5.41, 5.74) is 4.04. The fraction of sp³-hybridized carbons (Fsp3) is 0.192. The molecule has 3 aromatic rings. The molecule has 0 bridgehead atoms. The largest absolute Gasteiger partial charge is 0.495 e. The fourth-order valence-corrected chi connectivity index (χ4v) is 4.63. The Bertz CT molecular complexity index is 1370. The quantitative estimate of drug-likeness (QED) is 0.232. The van der Waals surface area contributed by atoms with Crippen LogP contribution in [0, 0.1) is 6.92 Å². The Labute approximate surface area is 215 Å². The third-order valence-electron chi connectivity index (χ3n) is 5.10. The lowest BCUT2D eigenvalue weighted by atomic mass is 10.2. The van der Waals surface area contributed by atoms with Gasteiger partial charge in [-0.05, 0) is 48.9 Å². The maximum Gasteiger partial charge on any atom is 0.343 e. The topological polar surface area (TPSA) is 124 Å². The predicted octanol–water partition coefficient (Wildman–Crippen LogP) is 2.90. The minimum absolute atomic E-state index is 0.0316. The highest BCUT2D eigenvalue weighted by molar-refractivity contribution is 7.92. The molecule has 0 aliphatic rings. The van der Waals surface area contributed by atoms with Crippen molar-refractivity contribution in [1.82, 2.24) is 5.43 Å². The van der Waals surface area contributed by atoms with E-state index in [1.807, 2.05) is 6.92 Å². The number of nitrogens with zero attached hydrogens (tertiary/aromatic N) is 2. The summed E-state index contributed by atoms with van der Waals surface area (Å²) < 4.78 is 43.2. The van der Waals surface area contributed by atoms with Crippen LogP contribution in [0.4, 0.5) is 5.69 Å². The molecule has 1 amide bonds. The molecular formula is C26H27N3O7S. The third kappa shape index (κ3) is 7.31. The molecule has 0 spiro atoms. The number of methoxy groups -OCH3 is 2. The van der Waals surface area contributed by atoms with Crippen molar-refractivity contribution in [3.63, 3.8) is 0 Å². The van der Waals surface area contributed by atoms with E-state index in [9.17, 15) is 18.0 Å². The number of nitrogens with one attached hydrogen (secondary N) is 1. The van der Waals surface area contributed by atoms with Crippen LogP contribution < -0.4 is 19.2 Å². The van der Waals surface area contributed by atoms with Crippen molar-refractivity contribution in [3.8, 4) is 11.5 Å². The second kappa shape index (κ2) is 12.5. The number of esters is 1. The minimum atomic E-state index is -4.11. The van der Waals surface area contributed by atoms with Crippen LogP contribution in [0.25, 0.3) is 0 Å². The van der Waals surface area contributed by atoms with Crippen molar-refractivity contribution < 1.29 is 32.2 Å². The molecule has 3 aromatic carbocycles. The number of anilines is 1. The van der Waals surface area contributed by atoms with Gasteiger partial charge in [0, 0.05) is 0 Å². The van der Waals surface area contributed by atoms with Crippen LogP contribution in [0.5, 0.6) is 11.5 Å².